The summed E-state index contributed by atoms with van der Waals surface area (Å²) in [5.74, 6) is 0.147. The van der Waals surface area contributed by atoms with Gasteiger partial charge in [-0.05, 0) is 12.8 Å². The van der Waals surface area contributed by atoms with Crippen LogP contribution in [0.25, 0.3) is 0 Å². The number of hydrogen-bond acceptors (Lipinski definition) is 4. The van der Waals surface area contributed by atoms with Gasteiger partial charge >= 0.3 is 0 Å². The molecule has 0 heterocycles. The number of carbonyl (C=O) groups is 1. The van der Waals surface area contributed by atoms with Crippen LogP contribution in [0.3, 0.4) is 0 Å². The van der Waals surface area contributed by atoms with Gasteiger partial charge in [-0.3, -0.25) is 4.79 Å². The van der Waals surface area contributed by atoms with E-state index in [0.29, 0.717) is 26.4 Å². The smallest absolute Gasteiger partial charge is 0.248 e. The summed E-state index contributed by atoms with van der Waals surface area (Å²) in [5.41, 5.74) is 0. The first-order valence-corrected chi connectivity index (χ1v) is 21.7. The van der Waals surface area contributed by atoms with Crippen LogP contribution < -0.4 is 0 Å². The van der Waals surface area contributed by atoms with Gasteiger partial charge in [-0.15, -0.1) is 0 Å². The van der Waals surface area contributed by atoms with Gasteiger partial charge in [-0.1, -0.05) is 206 Å². The van der Waals surface area contributed by atoms with Gasteiger partial charge in [-0.2, -0.15) is 0 Å². The van der Waals surface area contributed by atoms with Crippen molar-refractivity contribution in [2.75, 3.05) is 53.2 Å². The molecule has 5 nitrogen and oxygen atoms in total. The van der Waals surface area contributed by atoms with Gasteiger partial charge < -0.3 is 19.1 Å². The monoisotopic (exact) mass is 682 g/mol. The molecule has 0 N–H and O–H groups in total. The van der Waals surface area contributed by atoms with Crippen molar-refractivity contribution in [3.05, 3.63) is 0 Å². The van der Waals surface area contributed by atoms with Crippen molar-refractivity contribution in [2.45, 2.75) is 219 Å². The number of rotatable bonds is 42. The molecule has 0 aromatic carbocycles. The van der Waals surface area contributed by atoms with Crippen LogP contribution in [0.15, 0.2) is 0 Å². The van der Waals surface area contributed by atoms with E-state index in [1.807, 2.05) is 0 Å². The zero-order valence-electron chi connectivity index (χ0n) is 33.2. The highest BCUT2D eigenvalue weighted by Gasteiger charge is 2.13. The summed E-state index contributed by atoms with van der Waals surface area (Å²) in [7, 11) is 1.67. The normalized spacial score (nSPS) is 11.5. The van der Waals surface area contributed by atoms with Crippen LogP contribution in [0, 0.1) is 0 Å². The van der Waals surface area contributed by atoms with Crippen LogP contribution in [0.2, 0.25) is 0 Å². The third kappa shape index (κ3) is 38.2. The Labute approximate surface area is 301 Å². The van der Waals surface area contributed by atoms with Crippen LogP contribution in [0.4, 0.5) is 0 Å². The minimum atomic E-state index is 0.147. The molecule has 288 valence electrons. The van der Waals surface area contributed by atoms with Crippen LogP contribution in [-0.2, 0) is 19.0 Å². The number of carbonyl (C=O) groups excluding carboxylic acids is 1. The van der Waals surface area contributed by atoms with Gasteiger partial charge in [0.2, 0.25) is 5.91 Å². The number of ether oxygens (including phenoxy) is 3. The van der Waals surface area contributed by atoms with Crippen molar-refractivity contribution in [2.24, 2.45) is 0 Å². The van der Waals surface area contributed by atoms with Crippen molar-refractivity contribution in [1.82, 2.24) is 4.90 Å². The molecule has 0 saturated heterocycles. The fourth-order valence-corrected chi connectivity index (χ4v) is 6.68. The second-order valence-corrected chi connectivity index (χ2v) is 14.6. The van der Waals surface area contributed by atoms with E-state index in [1.165, 1.54) is 193 Å². The third-order valence-corrected chi connectivity index (χ3v) is 9.95. The second-order valence-electron chi connectivity index (χ2n) is 14.6. The Kier molecular flexibility index (Phi) is 41.9. The summed E-state index contributed by atoms with van der Waals surface area (Å²) in [6, 6.07) is 0. The lowest BCUT2D eigenvalue weighted by Crippen LogP contribution is -2.36. The highest BCUT2D eigenvalue weighted by atomic mass is 16.5. The summed E-state index contributed by atoms with van der Waals surface area (Å²) in [6.07, 6.45) is 44.0. The van der Waals surface area contributed by atoms with Gasteiger partial charge in [-0.25, -0.2) is 0 Å². The molecule has 0 rings (SSSR count). The minimum absolute atomic E-state index is 0.147. The molecule has 0 spiro atoms. The molecule has 1 amide bonds. The molecular formula is C43H87NO4. The molecule has 0 aromatic heterocycles. The lowest BCUT2D eigenvalue weighted by atomic mass is 10.0. The molecule has 5 heteroatoms. The number of unbranched alkanes of at least 4 members (excludes halogenated alkanes) is 30. The van der Waals surface area contributed by atoms with Crippen LogP contribution in [0.1, 0.15) is 219 Å². The highest BCUT2D eigenvalue weighted by Crippen LogP contribution is 2.16. The Morgan fingerprint density at radius 1 is 0.375 bits per heavy atom. The van der Waals surface area contributed by atoms with Gasteiger partial charge in [0.25, 0.3) is 0 Å². The topological polar surface area (TPSA) is 48.0 Å². The van der Waals surface area contributed by atoms with Crippen LogP contribution >= 0.6 is 0 Å². The van der Waals surface area contributed by atoms with Crippen molar-refractivity contribution >= 4 is 5.91 Å². The van der Waals surface area contributed by atoms with Crippen molar-refractivity contribution in [1.29, 1.82) is 0 Å². The minimum Gasteiger partial charge on any atom is -0.382 e. The lowest BCUT2D eigenvalue weighted by Gasteiger charge is -2.23. The number of hydrogen-bond donors (Lipinski definition) is 0. The van der Waals surface area contributed by atoms with Gasteiger partial charge in [0, 0.05) is 20.2 Å². The molecule has 0 aliphatic heterocycles. The van der Waals surface area contributed by atoms with Crippen molar-refractivity contribution in [3.63, 3.8) is 0 Å². The van der Waals surface area contributed by atoms with Gasteiger partial charge in [0.1, 0.15) is 6.61 Å². The predicted octanol–water partition coefficient (Wildman–Crippen LogP) is 13.0. The number of amides is 1. The summed E-state index contributed by atoms with van der Waals surface area (Å²) in [5, 5.41) is 0. The van der Waals surface area contributed by atoms with E-state index in [2.05, 4.69) is 18.7 Å². The van der Waals surface area contributed by atoms with E-state index >= 15 is 0 Å². The predicted molar refractivity (Wildman–Crippen MR) is 209 cm³/mol. The van der Waals surface area contributed by atoms with Crippen molar-refractivity contribution < 1.29 is 19.0 Å². The van der Waals surface area contributed by atoms with Crippen LogP contribution in [0.5, 0.6) is 0 Å². The maximum absolute atomic E-state index is 13.0. The van der Waals surface area contributed by atoms with E-state index in [4.69, 9.17) is 14.2 Å². The fraction of sp³-hybridized carbons (Fsp3) is 0.977. The van der Waals surface area contributed by atoms with Gasteiger partial charge in [0.05, 0.1) is 26.4 Å². The standard InChI is InChI=1S/C43H87NO4/c1-4-6-8-10-12-14-16-18-20-22-24-26-28-30-32-34-36-44(43(45)42-48-41-40-47-39-38-46-3)37-35-33-31-29-27-25-23-21-19-17-15-13-11-9-7-5-2/h4-42H2,1-3H3. The first kappa shape index (κ1) is 47.4. The maximum Gasteiger partial charge on any atom is 0.248 e. The molecule has 0 unspecified atom stereocenters. The van der Waals surface area contributed by atoms with E-state index in [9.17, 15) is 4.79 Å². The molecule has 0 saturated carbocycles. The summed E-state index contributed by atoms with van der Waals surface area (Å²) >= 11 is 0. The molecule has 0 bridgehead atoms. The second kappa shape index (κ2) is 42.5. The highest BCUT2D eigenvalue weighted by molar-refractivity contribution is 5.77. The fourth-order valence-electron chi connectivity index (χ4n) is 6.68. The zero-order chi connectivity index (χ0) is 34.9. The van der Waals surface area contributed by atoms with E-state index in [-0.39, 0.29) is 12.5 Å². The molecule has 0 atom stereocenters. The first-order chi connectivity index (χ1) is 23.8. The van der Waals surface area contributed by atoms with E-state index in [0.717, 1.165) is 25.9 Å². The molecule has 0 aromatic rings. The third-order valence-electron chi connectivity index (χ3n) is 9.95. The Balaban J connectivity index is 3.94. The van der Waals surface area contributed by atoms with E-state index in [1.54, 1.807) is 7.11 Å². The maximum atomic E-state index is 13.0. The number of nitrogens with zero attached hydrogens (tertiary/aromatic N) is 1. The molecular weight excluding hydrogens is 594 g/mol. The quantitative estimate of drug-likeness (QED) is 0.0602. The Morgan fingerprint density at radius 3 is 0.958 bits per heavy atom. The molecule has 0 radical (unpaired) electrons. The Bertz CT molecular complexity index is 565. The molecule has 48 heavy (non-hydrogen) atoms. The molecule has 0 aliphatic carbocycles. The Hall–Kier alpha value is -0.650. The Morgan fingerprint density at radius 2 is 0.646 bits per heavy atom. The summed E-state index contributed by atoms with van der Waals surface area (Å²) < 4.78 is 16.1. The average molecular weight is 682 g/mol. The first-order valence-electron chi connectivity index (χ1n) is 21.7. The van der Waals surface area contributed by atoms with E-state index < -0.39 is 0 Å². The zero-order valence-corrected chi connectivity index (χ0v) is 33.2. The summed E-state index contributed by atoms with van der Waals surface area (Å²) in [4.78, 5) is 15.1. The molecule has 0 aliphatic rings. The average Bonchev–Trinajstić information content (AvgIpc) is 3.09. The number of methoxy groups -OCH3 is 1. The van der Waals surface area contributed by atoms with Crippen molar-refractivity contribution in [3.8, 4) is 0 Å². The lowest BCUT2D eigenvalue weighted by molar-refractivity contribution is -0.136. The SMILES string of the molecule is CCCCCCCCCCCCCCCCCCN(CCCCCCCCCCCCCCCCCC)C(=O)COCCOCCOC. The van der Waals surface area contributed by atoms with Gasteiger partial charge in [0.15, 0.2) is 0 Å². The summed E-state index contributed by atoms with van der Waals surface area (Å²) in [6.45, 7) is 8.64. The van der Waals surface area contributed by atoms with Crippen LogP contribution in [-0.4, -0.2) is 64.0 Å². The largest absolute Gasteiger partial charge is 0.382 e. The molecule has 0 fully saturated rings.